The molecule has 0 saturated carbocycles. The van der Waals surface area contributed by atoms with E-state index in [0.717, 1.165) is 48.1 Å². The molecule has 0 bridgehead atoms. The molecule has 0 aliphatic heterocycles. The highest BCUT2D eigenvalue weighted by molar-refractivity contribution is 6.31. The molecule has 194 valence electrons. The molecule has 3 aromatic rings. The highest BCUT2D eigenvalue weighted by Crippen LogP contribution is 2.25. The second-order valence-corrected chi connectivity index (χ2v) is 9.16. The number of benzene rings is 3. The van der Waals surface area contributed by atoms with Crippen molar-refractivity contribution in [2.45, 2.75) is 38.7 Å². The molecular weight excluding hydrogens is 488 g/mol. The third-order valence-electron chi connectivity index (χ3n) is 6.11. The molecule has 37 heavy (non-hydrogen) atoms. The number of rotatable bonds is 13. The van der Waals surface area contributed by atoms with E-state index in [1.165, 1.54) is 14.2 Å². The summed E-state index contributed by atoms with van der Waals surface area (Å²) in [6.45, 7) is 0.383. The van der Waals surface area contributed by atoms with Crippen molar-refractivity contribution < 1.29 is 23.8 Å². The number of carbonyl (C=O) groups is 2. The van der Waals surface area contributed by atoms with Crippen molar-refractivity contribution in [1.29, 1.82) is 0 Å². The monoisotopic (exact) mass is 520 g/mol. The van der Waals surface area contributed by atoms with Crippen LogP contribution in [-0.4, -0.2) is 26.2 Å². The fraction of sp³-hybridized carbons (Fsp3) is 0.290. The maximum atomic E-state index is 11.8. The Morgan fingerprint density at radius 2 is 1.62 bits per heavy atom. The predicted octanol–water partition coefficient (Wildman–Crippen LogP) is 7.31. The average molecular weight is 521 g/mol. The zero-order valence-electron chi connectivity index (χ0n) is 21.3. The van der Waals surface area contributed by atoms with Gasteiger partial charge in [-0.2, -0.15) is 0 Å². The van der Waals surface area contributed by atoms with Gasteiger partial charge in [0.2, 0.25) is 0 Å². The van der Waals surface area contributed by atoms with Crippen LogP contribution in [0, 0.1) is 5.92 Å². The Balaban J connectivity index is 1.71. The van der Waals surface area contributed by atoms with Gasteiger partial charge in [0, 0.05) is 22.6 Å². The molecule has 0 aliphatic rings. The highest BCUT2D eigenvalue weighted by Gasteiger charge is 2.11. The standard InChI is InChI=1S/C31H33ClO5/c1-35-30(33)14-8-3-9-23(21-24-16-19-26(20-17-24)31(34)36-2)15-18-25-10-5-7-13-29(25)37-22-27-11-4-6-12-28(27)32/h4-7,10-13,15-20,23H,3,8-9,14,21-22H2,1-2H3/b18-15+. The van der Waals surface area contributed by atoms with E-state index in [4.69, 9.17) is 25.8 Å². The molecule has 1 atom stereocenters. The van der Waals surface area contributed by atoms with Gasteiger partial charge in [0.15, 0.2) is 0 Å². The van der Waals surface area contributed by atoms with Gasteiger partial charge >= 0.3 is 11.9 Å². The van der Waals surface area contributed by atoms with Crippen LogP contribution < -0.4 is 4.74 Å². The minimum Gasteiger partial charge on any atom is -0.488 e. The summed E-state index contributed by atoms with van der Waals surface area (Å²) in [7, 11) is 2.79. The summed E-state index contributed by atoms with van der Waals surface area (Å²) in [5.41, 5.74) is 3.57. The molecule has 5 nitrogen and oxygen atoms in total. The molecule has 3 aromatic carbocycles. The van der Waals surface area contributed by atoms with Gasteiger partial charge in [-0.25, -0.2) is 4.79 Å². The van der Waals surface area contributed by atoms with Crippen molar-refractivity contribution in [3.05, 3.63) is 106 Å². The van der Waals surface area contributed by atoms with Crippen LogP contribution in [0.3, 0.4) is 0 Å². The molecule has 0 saturated heterocycles. The molecule has 0 fully saturated rings. The Bertz CT molecular complexity index is 1190. The summed E-state index contributed by atoms with van der Waals surface area (Å²) in [6, 6.07) is 23.1. The molecule has 0 aromatic heterocycles. The number of hydrogen-bond donors (Lipinski definition) is 0. The molecule has 0 radical (unpaired) electrons. The number of para-hydroxylation sites is 1. The average Bonchev–Trinajstić information content (AvgIpc) is 2.93. The van der Waals surface area contributed by atoms with E-state index >= 15 is 0 Å². The van der Waals surface area contributed by atoms with Crippen LogP contribution in [0.4, 0.5) is 0 Å². The summed E-state index contributed by atoms with van der Waals surface area (Å²) >= 11 is 6.29. The predicted molar refractivity (Wildman–Crippen MR) is 147 cm³/mol. The zero-order valence-corrected chi connectivity index (χ0v) is 22.1. The fourth-order valence-electron chi connectivity index (χ4n) is 4.00. The maximum Gasteiger partial charge on any atom is 0.337 e. The van der Waals surface area contributed by atoms with E-state index < -0.39 is 0 Å². The first-order valence-electron chi connectivity index (χ1n) is 12.4. The lowest BCUT2D eigenvalue weighted by Crippen LogP contribution is -2.05. The van der Waals surface area contributed by atoms with Crippen molar-refractivity contribution in [2.24, 2.45) is 5.92 Å². The van der Waals surface area contributed by atoms with Crippen LogP contribution in [0.15, 0.2) is 78.9 Å². The maximum absolute atomic E-state index is 11.8. The molecule has 0 aliphatic carbocycles. The first-order valence-corrected chi connectivity index (χ1v) is 12.8. The second kappa shape index (κ2) is 14.9. The van der Waals surface area contributed by atoms with Crippen molar-refractivity contribution in [2.75, 3.05) is 14.2 Å². The van der Waals surface area contributed by atoms with Gasteiger partial charge in [0.05, 0.1) is 19.8 Å². The molecule has 1 unspecified atom stereocenters. The number of ether oxygens (including phenoxy) is 3. The smallest absolute Gasteiger partial charge is 0.337 e. The first-order chi connectivity index (χ1) is 18.0. The van der Waals surface area contributed by atoms with Crippen LogP contribution >= 0.6 is 11.6 Å². The van der Waals surface area contributed by atoms with E-state index in [1.54, 1.807) is 12.1 Å². The number of esters is 2. The molecule has 6 heteroatoms. The molecule has 0 N–H and O–H groups in total. The Morgan fingerprint density at radius 3 is 2.35 bits per heavy atom. The number of hydrogen-bond acceptors (Lipinski definition) is 5. The van der Waals surface area contributed by atoms with Gasteiger partial charge in [0.25, 0.3) is 0 Å². The van der Waals surface area contributed by atoms with Gasteiger partial charge in [0.1, 0.15) is 12.4 Å². The van der Waals surface area contributed by atoms with E-state index in [2.05, 4.69) is 12.2 Å². The van der Waals surface area contributed by atoms with Gasteiger partial charge in [-0.15, -0.1) is 0 Å². The van der Waals surface area contributed by atoms with E-state index in [1.807, 2.05) is 60.7 Å². The van der Waals surface area contributed by atoms with Gasteiger partial charge < -0.3 is 14.2 Å². The third kappa shape index (κ3) is 9.10. The van der Waals surface area contributed by atoms with E-state index in [0.29, 0.717) is 23.6 Å². The number of unbranched alkanes of at least 4 members (excludes halogenated alkanes) is 1. The SMILES string of the molecule is COC(=O)CCCCC(/C=C/c1ccccc1OCc1ccccc1Cl)Cc1ccc(C(=O)OC)cc1. The van der Waals surface area contributed by atoms with Crippen molar-refractivity contribution in [3.63, 3.8) is 0 Å². The normalized spacial score (nSPS) is 11.8. The van der Waals surface area contributed by atoms with Crippen LogP contribution in [0.1, 0.15) is 52.7 Å². The Morgan fingerprint density at radius 1 is 0.892 bits per heavy atom. The zero-order chi connectivity index (χ0) is 26.5. The van der Waals surface area contributed by atoms with Crippen LogP contribution in [0.2, 0.25) is 5.02 Å². The van der Waals surface area contributed by atoms with Gasteiger partial charge in [-0.1, -0.05) is 78.7 Å². The summed E-state index contributed by atoms with van der Waals surface area (Å²) in [5.74, 6) is 0.484. The molecule has 0 amide bonds. The van der Waals surface area contributed by atoms with Crippen LogP contribution in [0.25, 0.3) is 6.08 Å². The van der Waals surface area contributed by atoms with Crippen LogP contribution in [0.5, 0.6) is 5.75 Å². The lowest BCUT2D eigenvalue weighted by Gasteiger charge is -2.14. The lowest BCUT2D eigenvalue weighted by atomic mass is 9.92. The lowest BCUT2D eigenvalue weighted by molar-refractivity contribution is -0.140. The molecular formula is C31H33ClO5. The quantitative estimate of drug-likeness (QED) is 0.175. The number of halogens is 1. The van der Waals surface area contributed by atoms with E-state index in [9.17, 15) is 9.59 Å². The molecule has 0 spiro atoms. The number of methoxy groups -OCH3 is 2. The van der Waals surface area contributed by atoms with Crippen LogP contribution in [-0.2, 0) is 27.3 Å². The van der Waals surface area contributed by atoms with Crippen molar-refractivity contribution in [1.82, 2.24) is 0 Å². The molecule has 0 heterocycles. The Hall–Kier alpha value is -3.57. The Labute approximate surface area is 224 Å². The van der Waals surface area contributed by atoms with Gasteiger partial charge in [-0.05, 0) is 55.0 Å². The summed E-state index contributed by atoms with van der Waals surface area (Å²) < 4.78 is 15.7. The first kappa shape index (κ1) is 28.0. The summed E-state index contributed by atoms with van der Waals surface area (Å²) in [6.07, 6.45) is 8.10. The number of allylic oxidation sites excluding steroid dienone is 1. The highest BCUT2D eigenvalue weighted by atomic mass is 35.5. The minimum atomic E-state index is -0.348. The summed E-state index contributed by atoms with van der Waals surface area (Å²) in [4.78, 5) is 23.3. The number of carbonyl (C=O) groups excluding carboxylic acids is 2. The third-order valence-corrected chi connectivity index (χ3v) is 6.48. The van der Waals surface area contributed by atoms with E-state index in [-0.39, 0.29) is 17.9 Å². The largest absolute Gasteiger partial charge is 0.488 e. The fourth-order valence-corrected chi connectivity index (χ4v) is 4.19. The Kier molecular flexibility index (Phi) is 11.2. The summed E-state index contributed by atoms with van der Waals surface area (Å²) in [5, 5.41) is 0.681. The second-order valence-electron chi connectivity index (χ2n) is 8.75. The van der Waals surface area contributed by atoms with Crippen molar-refractivity contribution >= 4 is 29.6 Å². The van der Waals surface area contributed by atoms with Gasteiger partial charge in [-0.3, -0.25) is 4.79 Å². The minimum absolute atomic E-state index is 0.185. The molecule has 3 rings (SSSR count). The topological polar surface area (TPSA) is 61.8 Å². The van der Waals surface area contributed by atoms with Crippen molar-refractivity contribution in [3.8, 4) is 5.75 Å².